The molecule has 0 unspecified atom stereocenters. The van der Waals surface area contributed by atoms with E-state index in [0.29, 0.717) is 29.8 Å². The lowest BCUT2D eigenvalue weighted by Crippen LogP contribution is -2.57. The molecule has 1 aliphatic heterocycles. The topological polar surface area (TPSA) is 74.3 Å². The number of carbonyl (C=O) groups is 1. The van der Waals surface area contributed by atoms with Gasteiger partial charge in [-0.15, -0.1) is 11.8 Å². The van der Waals surface area contributed by atoms with Crippen molar-refractivity contribution in [1.82, 2.24) is 0 Å². The van der Waals surface area contributed by atoms with Crippen LogP contribution in [0.4, 0.5) is 10.1 Å². The Balaban J connectivity index is 1.33. The van der Waals surface area contributed by atoms with Gasteiger partial charge >= 0.3 is 7.60 Å². The zero-order valence-corrected chi connectivity index (χ0v) is 35.8. The molecule has 7 nitrogen and oxygen atoms in total. The van der Waals surface area contributed by atoms with Crippen molar-refractivity contribution < 1.29 is 32.0 Å². The van der Waals surface area contributed by atoms with Crippen molar-refractivity contribution in [2.24, 2.45) is 0 Å². The first-order chi connectivity index (χ1) is 26.7. The highest BCUT2D eigenvalue weighted by molar-refractivity contribution is 8.00. The number of halogens is 1. The van der Waals surface area contributed by atoms with E-state index in [1.807, 2.05) is 102 Å². The molecule has 56 heavy (non-hydrogen) atoms. The Labute approximate surface area is 336 Å². The number of para-hydroxylation sites is 1. The minimum atomic E-state index is -3.40. The van der Waals surface area contributed by atoms with Gasteiger partial charge in [-0.1, -0.05) is 106 Å². The molecular formula is C45H51FNO6PSSi. The fourth-order valence-corrected chi connectivity index (χ4v) is 10.3. The zero-order valence-electron chi connectivity index (χ0n) is 33.1. The molecule has 294 valence electrons. The lowest BCUT2D eigenvalue weighted by molar-refractivity contribution is -0.123. The van der Waals surface area contributed by atoms with E-state index >= 15 is 0 Å². The third-order valence-corrected chi connectivity index (χ3v) is 18.5. The molecular weight excluding hydrogens is 761 g/mol. The quantitative estimate of drug-likeness (QED) is 0.0558. The standard InChI is InChI=1S/C45H51FNO6PSSi/c1-45(2,3)56(6,7)53-40(34-18-23-36(46)24-19-34)28-29-55-43-42(47(44(43)48)37-16-12-9-13-17-37)39-27-22-35(30-41(39)52-31-32-14-10-8-11-15-32)33-20-25-38(26-21-33)54(49,50-4)51-5/h8-27,30,40,42-43H,28-29,31H2,1-7H3/t40-,42-,43-/m1/s1. The van der Waals surface area contributed by atoms with Crippen LogP contribution in [0.3, 0.4) is 0 Å². The van der Waals surface area contributed by atoms with Gasteiger partial charge in [0.1, 0.15) is 23.4 Å². The Bertz CT molecular complexity index is 2120. The van der Waals surface area contributed by atoms with E-state index in [2.05, 4.69) is 39.9 Å². The third-order valence-electron chi connectivity index (χ3n) is 10.8. The van der Waals surface area contributed by atoms with Crippen LogP contribution in [0.25, 0.3) is 11.1 Å². The van der Waals surface area contributed by atoms with Crippen LogP contribution in [0.1, 0.15) is 56.0 Å². The number of hydrogen-bond donors (Lipinski definition) is 0. The molecule has 6 rings (SSSR count). The fourth-order valence-electron chi connectivity index (χ4n) is 6.55. The van der Waals surface area contributed by atoms with Gasteiger partial charge in [-0.25, -0.2) is 4.39 Å². The molecule has 1 amide bonds. The molecule has 1 heterocycles. The summed E-state index contributed by atoms with van der Waals surface area (Å²) in [5.41, 5.74) is 5.47. The van der Waals surface area contributed by atoms with Crippen molar-refractivity contribution in [3.05, 3.63) is 150 Å². The van der Waals surface area contributed by atoms with Gasteiger partial charge in [0.05, 0.1) is 17.5 Å². The summed E-state index contributed by atoms with van der Waals surface area (Å²) in [7, 11) is -2.85. The summed E-state index contributed by atoms with van der Waals surface area (Å²) >= 11 is 1.63. The summed E-state index contributed by atoms with van der Waals surface area (Å²) < 4.78 is 51.0. The van der Waals surface area contributed by atoms with Crippen molar-refractivity contribution >= 4 is 44.6 Å². The van der Waals surface area contributed by atoms with E-state index in [1.54, 1.807) is 23.9 Å². The highest BCUT2D eigenvalue weighted by atomic mass is 32.2. The fraction of sp³-hybridized carbons (Fsp3) is 0.311. The average Bonchev–Trinajstić information content (AvgIpc) is 3.20. The lowest BCUT2D eigenvalue weighted by atomic mass is 9.90. The second kappa shape index (κ2) is 17.6. The zero-order chi connectivity index (χ0) is 40.1. The third kappa shape index (κ3) is 9.23. The van der Waals surface area contributed by atoms with Crippen molar-refractivity contribution in [1.29, 1.82) is 0 Å². The van der Waals surface area contributed by atoms with E-state index in [9.17, 15) is 13.8 Å². The largest absolute Gasteiger partial charge is 0.489 e. The van der Waals surface area contributed by atoms with Gasteiger partial charge in [-0.3, -0.25) is 9.36 Å². The molecule has 1 aliphatic rings. The minimum Gasteiger partial charge on any atom is -0.489 e. The van der Waals surface area contributed by atoms with E-state index in [-0.39, 0.29) is 34.2 Å². The Kier molecular flexibility index (Phi) is 13.1. The normalized spacial score (nSPS) is 16.7. The van der Waals surface area contributed by atoms with Gasteiger partial charge in [-0.05, 0) is 95.0 Å². The number of amides is 1. The first-order valence-corrected chi connectivity index (χ1v) is 24.3. The highest BCUT2D eigenvalue weighted by Gasteiger charge is 2.50. The Morgan fingerprint density at radius 3 is 2.04 bits per heavy atom. The first kappa shape index (κ1) is 41.6. The maximum Gasteiger partial charge on any atom is 0.360 e. The number of hydrogen-bond acceptors (Lipinski definition) is 7. The van der Waals surface area contributed by atoms with Crippen LogP contribution >= 0.6 is 19.4 Å². The van der Waals surface area contributed by atoms with Crippen molar-refractivity contribution in [3.63, 3.8) is 0 Å². The summed E-state index contributed by atoms with van der Waals surface area (Å²) in [5, 5.41) is 0.0775. The van der Waals surface area contributed by atoms with Gasteiger partial charge in [0.15, 0.2) is 8.32 Å². The van der Waals surface area contributed by atoms with Gasteiger partial charge in [0, 0.05) is 25.5 Å². The maximum atomic E-state index is 14.2. The number of anilines is 1. The first-order valence-electron chi connectivity index (χ1n) is 18.8. The molecule has 0 aromatic heterocycles. The number of ether oxygens (including phenoxy) is 1. The molecule has 0 aliphatic carbocycles. The van der Waals surface area contributed by atoms with Crippen LogP contribution in [0.5, 0.6) is 5.75 Å². The summed E-state index contributed by atoms with van der Waals surface area (Å²) in [5.74, 6) is 1.08. The Morgan fingerprint density at radius 1 is 0.821 bits per heavy atom. The highest BCUT2D eigenvalue weighted by Crippen LogP contribution is 2.50. The molecule has 1 saturated heterocycles. The van der Waals surface area contributed by atoms with Crippen LogP contribution in [0, 0.1) is 5.82 Å². The molecule has 3 atom stereocenters. The van der Waals surface area contributed by atoms with E-state index in [0.717, 1.165) is 33.5 Å². The van der Waals surface area contributed by atoms with Crippen molar-refractivity contribution in [2.75, 3.05) is 24.9 Å². The molecule has 0 radical (unpaired) electrons. The smallest absolute Gasteiger partial charge is 0.360 e. The number of β-lactam (4-membered cyclic amide) rings is 1. The van der Waals surface area contributed by atoms with Gasteiger partial charge in [0.25, 0.3) is 0 Å². The summed E-state index contributed by atoms with van der Waals surface area (Å²) in [6, 6.07) is 39.4. The average molecular weight is 812 g/mol. The second-order valence-electron chi connectivity index (χ2n) is 15.4. The lowest BCUT2D eigenvalue weighted by Gasteiger charge is -2.47. The van der Waals surface area contributed by atoms with Crippen molar-refractivity contribution in [3.8, 4) is 16.9 Å². The molecule has 1 fully saturated rings. The van der Waals surface area contributed by atoms with E-state index < -0.39 is 15.9 Å². The van der Waals surface area contributed by atoms with Crippen LogP contribution in [0.15, 0.2) is 127 Å². The molecule has 5 aromatic carbocycles. The Hall–Kier alpha value is -4.02. The monoisotopic (exact) mass is 811 g/mol. The molecule has 0 bridgehead atoms. The number of benzene rings is 5. The van der Waals surface area contributed by atoms with Crippen molar-refractivity contribution in [2.45, 2.75) is 69.3 Å². The number of thioether (sulfide) groups is 1. The summed E-state index contributed by atoms with van der Waals surface area (Å²) in [4.78, 5) is 16.1. The molecule has 0 N–H and O–H groups in total. The van der Waals surface area contributed by atoms with Gasteiger partial charge in [0.2, 0.25) is 5.91 Å². The summed E-state index contributed by atoms with van der Waals surface area (Å²) in [6.07, 6.45) is 0.427. The molecule has 5 aromatic rings. The number of rotatable bonds is 16. The van der Waals surface area contributed by atoms with Crippen LogP contribution in [-0.4, -0.2) is 39.4 Å². The van der Waals surface area contributed by atoms with Gasteiger partial charge < -0.3 is 23.1 Å². The van der Waals surface area contributed by atoms with Crippen LogP contribution in [0.2, 0.25) is 18.1 Å². The van der Waals surface area contributed by atoms with Crippen LogP contribution in [-0.2, 0) is 29.4 Å². The maximum absolute atomic E-state index is 14.2. The Morgan fingerprint density at radius 2 is 1.43 bits per heavy atom. The SMILES string of the molecule is COP(=O)(OC)c1ccc(-c2ccc([C@@H]3[C@@H](SCC[C@@H](O[Si](C)(C)C(C)(C)C)c4ccc(F)cc4)C(=O)N3c3ccccc3)c(OCc3ccccc3)c2)cc1. The van der Waals surface area contributed by atoms with E-state index in [1.165, 1.54) is 26.4 Å². The molecule has 11 heteroatoms. The number of nitrogens with zero attached hydrogens (tertiary/aromatic N) is 1. The predicted octanol–water partition coefficient (Wildman–Crippen LogP) is 11.5. The molecule has 0 spiro atoms. The second-order valence-corrected chi connectivity index (χ2v) is 23.7. The van der Waals surface area contributed by atoms with E-state index in [4.69, 9.17) is 18.2 Å². The predicted molar refractivity (Wildman–Crippen MR) is 229 cm³/mol. The minimum absolute atomic E-state index is 0.0101. The van der Waals surface area contributed by atoms with Crippen LogP contribution < -0.4 is 14.9 Å². The van der Waals surface area contributed by atoms with Gasteiger partial charge in [-0.2, -0.15) is 0 Å². The summed E-state index contributed by atoms with van der Waals surface area (Å²) in [6.45, 7) is 11.4. The molecule has 0 saturated carbocycles. The number of carbonyl (C=O) groups excluding carboxylic acids is 1.